The molecule has 0 radical (unpaired) electrons. The van der Waals surface area contributed by atoms with Crippen molar-refractivity contribution in [1.29, 1.82) is 0 Å². The van der Waals surface area contributed by atoms with Crippen LogP contribution in [0.1, 0.15) is 28.8 Å². The maximum Gasteiger partial charge on any atom is 0.470 e. The molecule has 4 aromatic rings. The second kappa shape index (κ2) is 14.1. The van der Waals surface area contributed by atoms with E-state index in [0.29, 0.717) is 23.3 Å². The molecule has 5 rings (SSSR count). The summed E-state index contributed by atoms with van der Waals surface area (Å²) in [5.41, 5.74) is 1.69. The molecule has 0 aliphatic carbocycles. The van der Waals surface area contributed by atoms with Crippen molar-refractivity contribution in [3.05, 3.63) is 108 Å². The molecular formula is C35H23F8NO8. The molecule has 1 fully saturated rings. The SMILES string of the molecule is Cc1cccc(C(=O)Oc2ccc(-c3ccc(OC(F)(C(F)(F)F)C(F)(F)OC(F)(F)C(=O)Oc4ccc(N5C(=O)CCC5=O)cc4)cc3)cc2)c1. The summed E-state index contributed by atoms with van der Waals surface area (Å²) < 4.78 is 131. The monoisotopic (exact) mass is 737 g/mol. The van der Waals surface area contributed by atoms with Gasteiger partial charge in [0.1, 0.15) is 17.2 Å². The lowest BCUT2D eigenvalue weighted by atomic mass is 10.1. The van der Waals surface area contributed by atoms with Gasteiger partial charge in [0.2, 0.25) is 11.8 Å². The number of carbonyl (C=O) groups excluding carboxylic acids is 4. The van der Waals surface area contributed by atoms with Crippen molar-refractivity contribution >= 4 is 29.4 Å². The summed E-state index contributed by atoms with van der Waals surface area (Å²) in [5, 5.41) is 0. The highest BCUT2D eigenvalue weighted by molar-refractivity contribution is 6.19. The Morgan fingerprint density at radius 3 is 1.67 bits per heavy atom. The molecule has 0 aromatic heterocycles. The summed E-state index contributed by atoms with van der Waals surface area (Å²) in [5.74, 6) is -12.9. The Bertz CT molecular complexity index is 1970. The number of nitrogens with zero attached hydrogens (tertiary/aromatic N) is 1. The molecule has 1 heterocycles. The average Bonchev–Trinajstić information content (AvgIpc) is 3.41. The first-order chi connectivity index (χ1) is 24.3. The van der Waals surface area contributed by atoms with Gasteiger partial charge in [-0.15, -0.1) is 0 Å². The van der Waals surface area contributed by atoms with Crippen molar-refractivity contribution in [2.75, 3.05) is 4.90 Å². The van der Waals surface area contributed by atoms with Crippen molar-refractivity contribution in [2.45, 2.75) is 44.0 Å². The first-order valence-electron chi connectivity index (χ1n) is 14.9. The normalized spacial score (nSPS) is 14.9. The van der Waals surface area contributed by atoms with Gasteiger partial charge in [0.05, 0.1) is 11.3 Å². The van der Waals surface area contributed by atoms with E-state index >= 15 is 4.39 Å². The van der Waals surface area contributed by atoms with E-state index in [1.807, 2.05) is 0 Å². The molecule has 0 N–H and O–H groups in total. The van der Waals surface area contributed by atoms with E-state index in [2.05, 4.69) is 14.2 Å². The van der Waals surface area contributed by atoms with Gasteiger partial charge in [-0.2, -0.15) is 35.1 Å². The van der Waals surface area contributed by atoms with Gasteiger partial charge in [-0.3, -0.25) is 14.5 Å². The number of aryl methyl sites for hydroxylation is 1. The molecule has 1 unspecified atom stereocenters. The molecule has 1 aliphatic rings. The number of esters is 2. The van der Waals surface area contributed by atoms with Crippen LogP contribution >= 0.6 is 0 Å². The quantitative estimate of drug-likeness (QED) is 0.0661. The number of imide groups is 1. The first kappa shape index (κ1) is 37.4. The third-order valence-electron chi connectivity index (χ3n) is 7.35. The van der Waals surface area contributed by atoms with Crippen LogP contribution in [0, 0.1) is 6.92 Å². The molecule has 17 heteroatoms. The van der Waals surface area contributed by atoms with E-state index in [0.717, 1.165) is 46.9 Å². The molecule has 272 valence electrons. The van der Waals surface area contributed by atoms with Gasteiger partial charge in [0.15, 0.2) is 0 Å². The maximum absolute atomic E-state index is 15.1. The van der Waals surface area contributed by atoms with Crippen molar-refractivity contribution in [2.24, 2.45) is 0 Å². The Hall–Kier alpha value is -5.84. The van der Waals surface area contributed by atoms with E-state index in [-0.39, 0.29) is 29.8 Å². The number of ether oxygens (including phenoxy) is 4. The van der Waals surface area contributed by atoms with E-state index < -0.39 is 59.5 Å². The van der Waals surface area contributed by atoms with Crippen LogP contribution in [0.15, 0.2) is 97.1 Å². The molecule has 2 amide bonds. The van der Waals surface area contributed by atoms with Crippen molar-refractivity contribution < 1.29 is 73.2 Å². The minimum absolute atomic E-state index is 0.0470. The lowest BCUT2D eigenvalue weighted by Crippen LogP contribution is -2.63. The van der Waals surface area contributed by atoms with Crippen LogP contribution in [0.4, 0.5) is 40.8 Å². The molecule has 4 aromatic carbocycles. The summed E-state index contributed by atoms with van der Waals surface area (Å²) >= 11 is 0. The molecule has 0 bridgehead atoms. The zero-order valence-electron chi connectivity index (χ0n) is 26.4. The predicted octanol–water partition coefficient (Wildman–Crippen LogP) is 7.95. The Morgan fingerprint density at radius 1 is 0.654 bits per heavy atom. The Morgan fingerprint density at radius 2 is 1.15 bits per heavy atom. The minimum atomic E-state index is -6.71. The van der Waals surface area contributed by atoms with Gasteiger partial charge in [0.25, 0.3) is 0 Å². The standard InChI is InChI=1S/C35H23F8NO8/c1-20-3-2-4-23(19-20)30(47)49-25-11-5-21(6-12-25)22-7-13-27(14-8-22)51-33(38,34(39,40)41)35(42,43)52-32(36,37)31(48)50-26-15-9-24(10-16-26)44-28(45)17-18-29(44)46/h2-16,19H,17-18H2,1H3. The van der Waals surface area contributed by atoms with Gasteiger partial charge in [-0.1, -0.05) is 42.0 Å². The Kier molecular flexibility index (Phi) is 10.1. The highest BCUT2D eigenvalue weighted by atomic mass is 19.4. The fourth-order valence-electron chi connectivity index (χ4n) is 4.78. The van der Waals surface area contributed by atoms with Crippen LogP contribution in [-0.4, -0.2) is 48.0 Å². The second-order valence-corrected chi connectivity index (χ2v) is 11.1. The van der Waals surface area contributed by atoms with E-state index in [9.17, 15) is 49.9 Å². The lowest BCUT2D eigenvalue weighted by Gasteiger charge is -2.35. The first-order valence-corrected chi connectivity index (χ1v) is 14.9. The largest absolute Gasteiger partial charge is 0.470 e. The maximum atomic E-state index is 15.1. The number of hydrogen-bond acceptors (Lipinski definition) is 8. The molecular weight excluding hydrogens is 714 g/mol. The number of carbonyl (C=O) groups is 4. The topological polar surface area (TPSA) is 108 Å². The molecule has 1 saturated heterocycles. The number of amides is 2. The fourth-order valence-corrected chi connectivity index (χ4v) is 4.78. The fraction of sp³-hybridized carbons (Fsp3) is 0.200. The zero-order valence-corrected chi connectivity index (χ0v) is 26.4. The third kappa shape index (κ3) is 7.88. The van der Waals surface area contributed by atoms with Crippen LogP contribution < -0.4 is 19.1 Å². The second-order valence-electron chi connectivity index (χ2n) is 11.1. The van der Waals surface area contributed by atoms with E-state index in [1.54, 1.807) is 31.2 Å². The number of hydrogen-bond donors (Lipinski definition) is 0. The molecule has 0 spiro atoms. The van der Waals surface area contributed by atoms with Crippen LogP contribution in [0.2, 0.25) is 0 Å². The van der Waals surface area contributed by atoms with Gasteiger partial charge < -0.3 is 14.2 Å². The Balaban J connectivity index is 1.25. The number of halogens is 8. The molecule has 1 atom stereocenters. The molecule has 9 nitrogen and oxygen atoms in total. The van der Waals surface area contributed by atoms with Gasteiger partial charge in [0, 0.05) is 12.8 Å². The van der Waals surface area contributed by atoms with Crippen LogP contribution in [0.3, 0.4) is 0 Å². The summed E-state index contributed by atoms with van der Waals surface area (Å²) in [6.07, 6.45) is -19.3. The summed E-state index contributed by atoms with van der Waals surface area (Å²) in [4.78, 5) is 48.8. The van der Waals surface area contributed by atoms with Crippen LogP contribution in [0.25, 0.3) is 11.1 Å². The van der Waals surface area contributed by atoms with Crippen LogP contribution in [0.5, 0.6) is 17.2 Å². The average molecular weight is 738 g/mol. The highest BCUT2D eigenvalue weighted by Crippen LogP contribution is 2.49. The van der Waals surface area contributed by atoms with Gasteiger partial charge >= 0.3 is 36.2 Å². The van der Waals surface area contributed by atoms with Crippen molar-refractivity contribution in [3.63, 3.8) is 0 Å². The number of anilines is 1. The van der Waals surface area contributed by atoms with Gasteiger partial charge in [-0.25, -0.2) is 14.3 Å². The Labute approximate surface area is 288 Å². The molecule has 0 saturated carbocycles. The smallest absolute Gasteiger partial charge is 0.444 e. The molecule has 52 heavy (non-hydrogen) atoms. The van der Waals surface area contributed by atoms with Crippen LogP contribution in [-0.2, 0) is 19.1 Å². The summed E-state index contributed by atoms with van der Waals surface area (Å²) in [7, 11) is 0. The van der Waals surface area contributed by atoms with Crippen molar-refractivity contribution in [3.8, 4) is 28.4 Å². The number of benzene rings is 4. The number of rotatable bonds is 11. The summed E-state index contributed by atoms with van der Waals surface area (Å²) in [6, 6.07) is 19.1. The summed E-state index contributed by atoms with van der Waals surface area (Å²) in [6.45, 7) is 1.78. The zero-order chi connectivity index (χ0) is 38.1. The number of alkyl halides is 8. The van der Waals surface area contributed by atoms with E-state index in [1.165, 1.54) is 24.3 Å². The third-order valence-corrected chi connectivity index (χ3v) is 7.35. The van der Waals surface area contributed by atoms with Gasteiger partial charge in [-0.05, 0) is 78.7 Å². The minimum Gasteiger partial charge on any atom is -0.444 e. The van der Waals surface area contributed by atoms with E-state index in [4.69, 9.17) is 4.74 Å². The lowest BCUT2D eigenvalue weighted by molar-refractivity contribution is -0.474. The highest BCUT2D eigenvalue weighted by Gasteiger charge is 2.78. The molecule has 1 aliphatic heterocycles. The predicted molar refractivity (Wildman–Crippen MR) is 163 cm³/mol. The van der Waals surface area contributed by atoms with Crippen molar-refractivity contribution in [1.82, 2.24) is 0 Å².